The van der Waals surface area contributed by atoms with Crippen LogP contribution in [0.3, 0.4) is 0 Å². The van der Waals surface area contributed by atoms with Gasteiger partial charge in [-0.3, -0.25) is 4.79 Å². The Morgan fingerprint density at radius 2 is 2.06 bits per heavy atom. The molecule has 94 valence electrons. The summed E-state index contributed by atoms with van der Waals surface area (Å²) in [6, 6.07) is 0. The van der Waals surface area contributed by atoms with Gasteiger partial charge in [-0.15, -0.1) is 0 Å². The van der Waals surface area contributed by atoms with Gasteiger partial charge in [-0.25, -0.2) is 0 Å². The van der Waals surface area contributed by atoms with Crippen LogP contribution >= 0.6 is 0 Å². The summed E-state index contributed by atoms with van der Waals surface area (Å²) in [6.07, 6.45) is 4.86. The highest BCUT2D eigenvalue weighted by Crippen LogP contribution is 2.25. The van der Waals surface area contributed by atoms with E-state index in [0.717, 1.165) is 50.0 Å². The van der Waals surface area contributed by atoms with Gasteiger partial charge in [-0.1, -0.05) is 6.92 Å². The first-order valence-electron chi connectivity index (χ1n) is 6.43. The molecule has 17 heavy (non-hydrogen) atoms. The Morgan fingerprint density at radius 3 is 2.76 bits per heavy atom. The lowest BCUT2D eigenvalue weighted by Crippen LogP contribution is -2.35. The third-order valence-corrected chi connectivity index (χ3v) is 3.71. The smallest absolute Gasteiger partial charge is 0.230 e. The fourth-order valence-electron chi connectivity index (χ4n) is 2.57. The van der Waals surface area contributed by atoms with Crippen molar-refractivity contribution in [1.29, 1.82) is 5.41 Å². The quantitative estimate of drug-likeness (QED) is 0.673. The molecule has 1 saturated heterocycles. The van der Waals surface area contributed by atoms with Gasteiger partial charge in [-0.2, -0.15) is 0 Å². The Labute approximate surface area is 103 Å². The van der Waals surface area contributed by atoms with E-state index in [-0.39, 0.29) is 11.8 Å². The number of amides is 1. The van der Waals surface area contributed by atoms with Crippen molar-refractivity contribution in [2.45, 2.75) is 39.0 Å². The standard InChI is InChI=1S/C13H21N3O/c1-9-7-8-15-12(16(2)13(9)17)10-5-3-4-6-11(10)14/h9,14-15H,3-8H2,1-2H3/b12-10+,14-11?. The van der Waals surface area contributed by atoms with Crippen molar-refractivity contribution in [3.8, 4) is 0 Å². The van der Waals surface area contributed by atoms with Crippen molar-refractivity contribution in [3.63, 3.8) is 0 Å². The van der Waals surface area contributed by atoms with Gasteiger partial charge in [0.1, 0.15) is 5.82 Å². The molecular weight excluding hydrogens is 214 g/mol. The molecule has 1 heterocycles. The van der Waals surface area contributed by atoms with Crippen LogP contribution in [0.5, 0.6) is 0 Å². The van der Waals surface area contributed by atoms with Crippen molar-refractivity contribution in [2.24, 2.45) is 5.92 Å². The van der Waals surface area contributed by atoms with E-state index in [0.29, 0.717) is 5.71 Å². The van der Waals surface area contributed by atoms with E-state index in [9.17, 15) is 4.79 Å². The van der Waals surface area contributed by atoms with Crippen molar-refractivity contribution in [2.75, 3.05) is 13.6 Å². The summed E-state index contributed by atoms with van der Waals surface area (Å²) in [5.41, 5.74) is 1.74. The predicted molar refractivity (Wildman–Crippen MR) is 67.8 cm³/mol. The molecule has 0 aromatic carbocycles. The Balaban J connectivity index is 2.32. The molecule has 2 aliphatic rings. The highest BCUT2D eigenvalue weighted by Gasteiger charge is 2.27. The predicted octanol–water partition coefficient (Wildman–Crippen LogP) is 1.88. The topological polar surface area (TPSA) is 56.2 Å². The maximum Gasteiger partial charge on any atom is 0.230 e. The average molecular weight is 235 g/mol. The zero-order chi connectivity index (χ0) is 12.4. The molecule has 1 aliphatic heterocycles. The van der Waals surface area contributed by atoms with Gasteiger partial charge < -0.3 is 15.6 Å². The van der Waals surface area contributed by atoms with Crippen molar-refractivity contribution in [1.82, 2.24) is 10.2 Å². The van der Waals surface area contributed by atoms with Crippen LogP contribution in [0.4, 0.5) is 0 Å². The van der Waals surface area contributed by atoms with Gasteiger partial charge in [0.15, 0.2) is 0 Å². The highest BCUT2D eigenvalue weighted by atomic mass is 16.2. The molecule has 2 N–H and O–H groups in total. The fourth-order valence-corrected chi connectivity index (χ4v) is 2.57. The first-order chi connectivity index (χ1) is 8.11. The van der Waals surface area contributed by atoms with E-state index in [2.05, 4.69) is 5.32 Å². The minimum atomic E-state index is 0.0726. The number of nitrogens with one attached hydrogen (secondary N) is 2. The Bertz CT molecular complexity index is 373. The molecule has 4 nitrogen and oxygen atoms in total. The molecule has 1 unspecified atom stereocenters. The molecule has 2 rings (SSSR count). The van der Waals surface area contributed by atoms with Crippen molar-refractivity contribution >= 4 is 11.6 Å². The maximum absolute atomic E-state index is 12.1. The number of nitrogens with zero attached hydrogens (tertiary/aromatic N) is 1. The number of carbonyl (C=O) groups is 1. The Kier molecular flexibility index (Phi) is 3.50. The number of rotatable bonds is 0. The van der Waals surface area contributed by atoms with Crippen LogP contribution in [0.25, 0.3) is 0 Å². The van der Waals surface area contributed by atoms with E-state index in [1.54, 1.807) is 4.90 Å². The zero-order valence-corrected chi connectivity index (χ0v) is 10.7. The second kappa shape index (κ2) is 4.90. The third-order valence-electron chi connectivity index (χ3n) is 3.71. The third kappa shape index (κ3) is 2.35. The number of allylic oxidation sites excluding steroid dienone is 1. The fraction of sp³-hybridized carbons (Fsp3) is 0.692. The van der Waals surface area contributed by atoms with Crippen LogP contribution < -0.4 is 5.32 Å². The molecule has 2 fully saturated rings. The van der Waals surface area contributed by atoms with Gasteiger partial charge in [0, 0.05) is 30.8 Å². The molecule has 0 bridgehead atoms. The number of carbonyl (C=O) groups excluding carboxylic acids is 1. The van der Waals surface area contributed by atoms with E-state index < -0.39 is 0 Å². The van der Waals surface area contributed by atoms with Crippen LogP contribution in [0.15, 0.2) is 11.4 Å². The molecular formula is C13H21N3O. The molecule has 1 saturated carbocycles. The van der Waals surface area contributed by atoms with Gasteiger partial charge in [-0.05, 0) is 32.1 Å². The summed E-state index contributed by atoms with van der Waals surface area (Å²) in [5, 5.41) is 11.4. The summed E-state index contributed by atoms with van der Waals surface area (Å²) in [6.45, 7) is 2.80. The van der Waals surface area contributed by atoms with Crippen molar-refractivity contribution < 1.29 is 4.79 Å². The second-order valence-electron chi connectivity index (χ2n) is 5.03. The normalized spacial score (nSPS) is 31.2. The van der Waals surface area contributed by atoms with Crippen LogP contribution in [-0.4, -0.2) is 30.1 Å². The van der Waals surface area contributed by atoms with Gasteiger partial charge in [0.2, 0.25) is 5.91 Å². The summed E-state index contributed by atoms with van der Waals surface area (Å²) in [7, 11) is 1.82. The summed E-state index contributed by atoms with van der Waals surface area (Å²) in [4.78, 5) is 13.8. The van der Waals surface area contributed by atoms with E-state index in [1.165, 1.54) is 0 Å². The molecule has 0 radical (unpaired) electrons. The first kappa shape index (κ1) is 12.1. The van der Waals surface area contributed by atoms with E-state index >= 15 is 0 Å². The molecule has 0 aromatic rings. The lowest BCUT2D eigenvalue weighted by Gasteiger charge is -2.26. The lowest BCUT2D eigenvalue weighted by molar-refractivity contribution is -0.131. The molecule has 1 amide bonds. The molecule has 0 aromatic heterocycles. The maximum atomic E-state index is 12.1. The molecule has 0 spiro atoms. The van der Waals surface area contributed by atoms with Gasteiger partial charge >= 0.3 is 0 Å². The van der Waals surface area contributed by atoms with Gasteiger partial charge in [0.25, 0.3) is 0 Å². The molecule has 1 atom stereocenters. The monoisotopic (exact) mass is 235 g/mol. The summed E-state index contributed by atoms with van der Waals surface area (Å²) in [5.74, 6) is 1.11. The minimum absolute atomic E-state index is 0.0726. The minimum Gasteiger partial charge on any atom is -0.371 e. The first-order valence-corrected chi connectivity index (χ1v) is 6.43. The molecule has 4 heteroatoms. The van der Waals surface area contributed by atoms with Crippen LogP contribution in [0, 0.1) is 11.3 Å². The highest BCUT2D eigenvalue weighted by molar-refractivity contribution is 5.99. The van der Waals surface area contributed by atoms with Crippen molar-refractivity contribution in [3.05, 3.63) is 11.4 Å². The number of hydrogen-bond donors (Lipinski definition) is 2. The van der Waals surface area contributed by atoms with Crippen LogP contribution in [0.1, 0.15) is 39.0 Å². The second-order valence-corrected chi connectivity index (χ2v) is 5.03. The lowest BCUT2D eigenvalue weighted by atomic mass is 9.92. The van der Waals surface area contributed by atoms with Crippen LogP contribution in [-0.2, 0) is 4.79 Å². The Morgan fingerprint density at radius 1 is 1.35 bits per heavy atom. The summed E-state index contributed by atoms with van der Waals surface area (Å²) < 4.78 is 0. The average Bonchev–Trinajstić information content (AvgIpc) is 2.44. The SMILES string of the molecule is CC1CCN/C(=C2/CCCCC2=N)N(C)C1=O. The molecule has 1 aliphatic carbocycles. The van der Waals surface area contributed by atoms with Gasteiger partial charge in [0.05, 0.1) is 0 Å². The largest absolute Gasteiger partial charge is 0.371 e. The van der Waals surface area contributed by atoms with E-state index in [1.807, 2.05) is 14.0 Å². The number of hydrogen-bond acceptors (Lipinski definition) is 3. The zero-order valence-electron chi connectivity index (χ0n) is 10.7. The summed E-state index contributed by atoms with van der Waals surface area (Å²) >= 11 is 0. The van der Waals surface area contributed by atoms with Crippen LogP contribution in [0.2, 0.25) is 0 Å². The van der Waals surface area contributed by atoms with E-state index in [4.69, 9.17) is 5.41 Å². The Hall–Kier alpha value is -1.32.